The van der Waals surface area contributed by atoms with Crippen LogP contribution in [0.3, 0.4) is 0 Å². The number of esters is 1. The van der Waals surface area contributed by atoms with Crippen LogP contribution in [0.5, 0.6) is 5.75 Å². The van der Waals surface area contributed by atoms with Gasteiger partial charge in [0.15, 0.2) is 6.61 Å². The van der Waals surface area contributed by atoms with Crippen molar-refractivity contribution >= 4 is 5.97 Å². The van der Waals surface area contributed by atoms with E-state index in [0.29, 0.717) is 0 Å². The zero-order chi connectivity index (χ0) is 12.0. The van der Waals surface area contributed by atoms with Crippen LogP contribution in [0.4, 0.5) is 4.39 Å². The molecule has 0 bridgehead atoms. The molecule has 1 rings (SSSR count). The molecule has 0 aliphatic carbocycles. The smallest absolute Gasteiger partial charge is 0.344 e. The summed E-state index contributed by atoms with van der Waals surface area (Å²) >= 11 is 0. The van der Waals surface area contributed by atoms with Gasteiger partial charge in [0.1, 0.15) is 17.6 Å². The summed E-state index contributed by atoms with van der Waals surface area (Å²) < 4.78 is 22.4. The van der Waals surface area contributed by atoms with E-state index in [-0.39, 0.29) is 24.5 Å². The number of halogens is 1. The molecule has 16 heavy (non-hydrogen) atoms. The minimum atomic E-state index is -0.532. The van der Waals surface area contributed by atoms with Crippen molar-refractivity contribution in [3.05, 3.63) is 29.6 Å². The number of hydrogen-bond acceptors (Lipinski definition) is 4. The molecule has 0 aliphatic heterocycles. The Morgan fingerprint density at radius 2 is 2.31 bits per heavy atom. The summed E-state index contributed by atoms with van der Waals surface area (Å²) in [7, 11) is 0. The summed E-state index contributed by atoms with van der Waals surface area (Å²) in [6.07, 6.45) is 0. The zero-order valence-corrected chi connectivity index (χ0v) is 8.70. The first-order valence-corrected chi connectivity index (χ1v) is 4.65. The molecule has 0 fully saturated rings. The molecular formula is C11H10FNO3. The van der Waals surface area contributed by atoms with Crippen molar-refractivity contribution in [2.75, 3.05) is 13.2 Å². The maximum absolute atomic E-state index is 12.8. The number of carbonyl (C=O) groups excluding carboxylic acids is 1. The van der Waals surface area contributed by atoms with Crippen molar-refractivity contribution in [2.45, 2.75) is 6.92 Å². The summed E-state index contributed by atoms with van der Waals surface area (Å²) in [6, 6.07) is 5.27. The van der Waals surface area contributed by atoms with Crippen molar-refractivity contribution in [3.8, 4) is 11.8 Å². The van der Waals surface area contributed by atoms with Gasteiger partial charge in [-0.25, -0.2) is 9.18 Å². The number of benzene rings is 1. The van der Waals surface area contributed by atoms with Gasteiger partial charge in [-0.2, -0.15) is 5.26 Å². The fourth-order valence-electron chi connectivity index (χ4n) is 1.05. The number of hydrogen-bond donors (Lipinski definition) is 0. The molecule has 0 aromatic heterocycles. The van der Waals surface area contributed by atoms with Crippen LogP contribution in [0, 0.1) is 17.1 Å². The quantitative estimate of drug-likeness (QED) is 0.728. The average molecular weight is 223 g/mol. The van der Waals surface area contributed by atoms with Crippen LogP contribution in [0.25, 0.3) is 0 Å². The maximum atomic E-state index is 12.8. The molecule has 4 nitrogen and oxygen atoms in total. The monoisotopic (exact) mass is 223 g/mol. The Morgan fingerprint density at radius 3 is 2.94 bits per heavy atom. The van der Waals surface area contributed by atoms with E-state index in [2.05, 4.69) is 4.74 Å². The number of carbonyl (C=O) groups is 1. The third-order valence-corrected chi connectivity index (χ3v) is 1.71. The van der Waals surface area contributed by atoms with E-state index >= 15 is 0 Å². The number of ether oxygens (including phenoxy) is 2. The van der Waals surface area contributed by atoms with E-state index in [0.717, 1.165) is 12.1 Å². The highest BCUT2D eigenvalue weighted by molar-refractivity contribution is 5.71. The lowest BCUT2D eigenvalue weighted by molar-refractivity contribution is -0.145. The lowest BCUT2D eigenvalue weighted by atomic mass is 10.2. The zero-order valence-electron chi connectivity index (χ0n) is 8.70. The topological polar surface area (TPSA) is 59.3 Å². The molecule has 0 saturated heterocycles. The van der Waals surface area contributed by atoms with Crippen LogP contribution in [-0.4, -0.2) is 19.2 Å². The van der Waals surface area contributed by atoms with Gasteiger partial charge in [-0.05, 0) is 25.1 Å². The van der Waals surface area contributed by atoms with Crippen LogP contribution in [-0.2, 0) is 9.53 Å². The molecule has 84 valence electrons. The standard InChI is InChI=1S/C11H10FNO3/c1-2-15-11(14)7-16-10-4-3-9(12)5-8(10)6-13/h3-5H,2,7H2,1H3. The summed E-state index contributed by atoms with van der Waals surface area (Å²) in [5.41, 5.74) is 0.0456. The first-order chi connectivity index (χ1) is 7.67. The lowest BCUT2D eigenvalue weighted by Gasteiger charge is -2.06. The van der Waals surface area contributed by atoms with E-state index in [4.69, 9.17) is 10.00 Å². The van der Waals surface area contributed by atoms with Gasteiger partial charge in [-0.15, -0.1) is 0 Å². The van der Waals surface area contributed by atoms with E-state index in [1.807, 2.05) is 0 Å². The number of nitriles is 1. The minimum absolute atomic E-state index is 0.0456. The molecule has 0 amide bonds. The molecule has 1 aromatic carbocycles. The predicted molar refractivity (Wildman–Crippen MR) is 53.2 cm³/mol. The highest BCUT2D eigenvalue weighted by Gasteiger charge is 2.08. The SMILES string of the molecule is CCOC(=O)COc1ccc(F)cc1C#N. The van der Waals surface area contributed by atoms with Crippen molar-refractivity contribution in [1.29, 1.82) is 5.26 Å². The molecule has 0 heterocycles. The van der Waals surface area contributed by atoms with Crippen molar-refractivity contribution in [3.63, 3.8) is 0 Å². The molecular weight excluding hydrogens is 213 g/mol. The van der Waals surface area contributed by atoms with E-state index in [1.165, 1.54) is 6.07 Å². The summed E-state index contributed by atoms with van der Waals surface area (Å²) in [5, 5.41) is 8.70. The van der Waals surface area contributed by atoms with Gasteiger partial charge in [0, 0.05) is 0 Å². The predicted octanol–water partition coefficient (Wildman–Crippen LogP) is 1.64. The molecule has 0 unspecified atom stereocenters. The molecule has 0 N–H and O–H groups in total. The third kappa shape index (κ3) is 3.24. The first kappa shape index (κ1) is 12.0. The van der Waals surface area contributed by atoms with Crippen molar-refractivity contribution in [1.82, 2.24) is 0 Å². The van der Waals surface area contributed by atoms with Crippen LogP contribution >= 0.6 is 0 Å². The molecule has 0 radical (unpaired) electrons. The fourth-order valence-corrected chi connectivity index (χ4v) is 1.05. The highest BCUT2D eigenvalue weighted by atomic mass is 19.1. The van der Waals surface area contributed by atoms with E-state index in [1.54, 1.807) is 13.0 Å². The highest BCUT2D eigenvalue weighted by Crippen LogP contribution is 2.18. The Bertz CT molecular complexity index is 426. The van der Waals surface area contributed by atoms with Gasteiger partial charge in [-0.3, -0.25) is 0 Å². The molecule has 0 aliphatic rings. The second kappa shape index (κ2) is 5.71. The van der Waals surface area contributed by atoms with Crippen molar-refractivity contribution in [2.24, 2.45) is 0 Å². The fraction of sp³-hybridized carbons (Fsp3) is 0.273. The summed E-state index contributed by atoms with van der Waals surface area (Å²) in [6.45, 7) is 1.64. The van der Waals surface area contributed by atoms with Crippen LogP contribution in [0.15, 0.2) is 18.2 Å². The number of nitrogens with zero attached hydrogens (tertiary/aromatic N) is 1. The first-order valence-electron chi connectivity index (χ1n) is 4.65. The van der Waals surface area contributed by atoms with Gasteiger partial charge < -0.3 is 9.47 Å². The second-order valence-electron chi connectivity index (χ2n) is 2.85. The van der Waals surface area contributed by atoms with E-state index < -0.39 is 11.8 Å². The Balaban J connectivity index is 2.67. The van der Waals surface area contributed by atoms with Crippen LogP contribution in [0.1, 0.15) is 12.5 Å². The largest absolute Gasteiger partial charge is 0.481 e. The Labute approximate surface area is 92.2 Å². The van der Waals surface area contributed by atoms with Crippen molar-refractivity contribution < 1.29 is 18.7 Å². The summed E-state index contributed by atoms with van der Waals surface area (Å²) in [4.78, 5) is 11.0. The minimum Gasteiger partial charge on any atom is -0.481 e. The summed E-state index contributed by atoms with van der Waals surface area (Å²) in [5.74, 6) is -0.896. The third-order valence-electron chi connectivity index (χ3n) is 1.71. The Kier molecular flexibility index (Phi) is 4.28. The van der Waals surface area contributed by atoms with Crippen LogP contribution in [0.2, 0.25) is 0 Å². The lowest BCUT2D eigenvalue weighted by Crippen LogP contribution is -2.15. The van der Waals surface area contributed by atoms with Gasteiger partial charge in [0.25, 0.3) is 0 Å². The maximum Gasteiger partial charge on any atom is 0.344 e. The van der Waals surface area contributed by atoms with Crippen LogP contribution < -0.4 is 4.74 Å². The molecule has 0 spiro atoms. The average Bonchev–Trinajstić information content (AvgIpc) is 2.27. The van der Waals surface area contributed by atoms with Gasteiger partial charge in [0.05, 0.1) is 12.2 Å². The molecule has 0 saturated carbocycles. The van der Waals surface area contributed by atoms with E-state index in [9.17, 15) is 9.18 Å². The number of rotatable bonds is 4. The van der Waals surface area contributed by atoms with Gasteiger partial charge >= 0.3 is 5.97 Å². The van der Waals surface area contributed by atoms with Gasteiger partial charge in [0.2, 0.25) is 0 Å². The molecule has 5 heteroatoms. The molecule has 1 aromatic rings. The normalized spacial score (nSPS) is 9.31. The Morgan fingerprint density at radius 1 is 1.56 bits per heavy atom. The molecule has 0 atom stereocenters. The second-order valence-corrected chi connectivity index (χ2v) is 2.85. The Hall–Kier alpha value is -2.09. The van der Waals surface area contributed by atoms with Gasteiger partial charge in [-0.1, -0.05) is 0 Å².